The number of para-hydroxylation sites is 3. The average Bonchev–Trinajstić information content (AvgIpc) is 3.36. The number of benzene rings is 3. The minimum atomic E-state index is -0.951. The van der Waals surface area contributed by atoms with Crippen LogP contribution in [0, 0.1) is 5.92 Å². The van der Waals surface area contributed by atoms with Gasteiger partial charge in [0, 0.05) is 0 Å². The molecule has 0 unspecified atom stereocenters. The molecule has 3 aromatic rings. The van der Waals surface area contributed by atoms with E-state index in [1.54, 1.807) is 30.4 Å². The predicted molar refractivity (Wildman–Crippen MR) is 131 cm³/mol. The number of imide groups is 1. The molecular weight excluding hydrogens is 500 g/mol. The highest BCUT2D eigenvalue weighted by atomic mass is 79.9. The van der Waals surface area contributed by atoms with Crippen molar-refractivity contribution in [2.24, 2.45) is 5.92 Å². The molecular formula is C26H23BrN2O5. The molecule has 2 heterocycles. The molecule has 3 aromatic carbocycles. The van der Waals surface area contributed by atoms with Gasteiger partial charge in [-0.3, -0.25) is 14.4 Å². The molecule has 0 spiro atoms. The van der Waals surface area contributed by atoms with Crippen LogP contribution >= 0.6 is 15.9 Å². The summed E-state index contributed by atoms with van der Waals surface area (Å²) in [5.41, 5.74) is 2.01. The number of methoxy groups -OCH3 is 1. The average molecular weight is 523 g/mol. The van der Waals surface area contributed by atoms with Crippen molar-refractivity contribution in [1.29, 1.82) is 0 Å². The summed E-state index contributed by atoms with van der Waals surface area (Å²) in [6.07, 6.45) is -0.951. The van der Waals surface area contributed by atoms with E-state index in [-0.39, 0.29) is 5.91 Å². The topological polar surface area (TPSA) is 68.3 Å². The number of ether oxygens (including phenoxy) is 2. The molecule has 34 heavy (non-hydrogen) atoms. The highest BCUT2D eigenvalue weighted by molar-refractivity contribution is 9.10. The van der Waals surface area contributed by atoms with E-state index in [4.69, 9.17) is 14.3 Å². The second-order valence-corrected chi connectivity index (χ2v) is 8.82. The first kappa shape index (κ1) is 22.4. The summed E-state index contributed by atoms with van der Waals surface area (Å²) in [7, 11) is 1.59. The predicted octanol–water partition coefficient (Wildman–Crippen LogP) is 4.91. The highest BCUT2D eigenvalue weighted by Gasteiger charge is 2.60. The van der Waals surface area contributed by atoms with Crippen LogP contribution < -0.4 is 19.4 Å². The number of fused-ring (bicyclic) bond motifs is 1. The number of amides is 2. The van der Waals surface area contributed by atoms with Crippen LogP contribution in [-0.2, 0) is 14.4 Å². The van der Waals surface area contributed by atoms with Gasteiger partial charge in [-0.25, -0.2) is 9.96 Å². The summed E-state index contributed by atoms with van der Waals surface area (Å²) >= 11 is 3.54. The summed E-state index contributed by atoms with van der Waals surface area (Å²) in [6.45, 7) is 2.28. The third-order valence-electron chi connectivity index (χ3n) is 6.05. The number of anilines is 2. The summed E-state index contributed by atoms with van der Waals surface area (Å²) in [4.78, 5) is 34.8. The van der Waals surface area contributed by atoms with Crippen LogP contribution in [0.3, 0.4) is 0 Å². The Bertz CT molecular complexity index is 1230. The standard InChI is InChI=1S/C26H23BrN2O5/c1-3-33-21-12-8-7-11-19(21)28-25(30)22-23(16-13-14-20(32-2)18(27)15-16)29(34-24(22)26(28)31)17-9-5-4-6-10-17/h4-15,22-24H,3H2,1-2H3/t22-,23-,24+/m1/s1. The van der Waals surface area contributed by atoms with Crippen molar-refractivity contribution in [1.82, 2.24) is 0 Å². The molecule has 174 valence electrons. The van der Waals surface area contributed by atoms with Crippen molar-refractivity contribution in [2.45, 2.75) is 19.1 Å². The molecule has 0 aromatic heterocycles. The monoisotopic (exact) mass is 522 g/mol. The van der Waals surface area contributed by atoms with E-state index in [2.05, 4.69) is 15.9 Å². The molecule has 0 aliphatic carbocycles. The lowest BCUT2D eigenvalue weighted by Crippen LogP contribution is -2.37. The molecule has 2 aliphatic rings. The van der Waals surface area contributed by atoms with E-state index < -0.39 is 24.0 Å². The van der Waals surface area contributed by atoms with Crippen LogP contribution in [0.2, 0.25) is 0 Å². The lowest BCUT2D eigenvalue weighted by molar-refractivity contribution is -0.126. The summed E-state index contributed by atoms with van der Waals surface area (Å²) in [5.74, 6) is -0.305. The fraction of sp³-hybridized carbons (Fsp3) is 0.231. The summed E-state index contributed by atoms with van der Waals surface area (Å²) in [6, 6.07) is 21.6. The van der Waals surface area contributed by atoms with E-state index >= 15 is 0 Å². The van der Waals surface area contributed by atoms with Crippen LogP contribution in [-0.4, -0.2) is 31.6 Å². The van der Waals surface area contributed by atoms with E-state index in [1.165, 1.54) is 4.90 Å². The zero-order valence-corrected chi connectivity index (χ0v) is 20.3. The Kier molecular flexibility index (Phi) is 6.02. The van der Waals surface area contributed by atoms with Gasteiger partial charge in [0.25, 0.3) is 5.91 Å². The second-order valence-electron chi connectivity index (χ2n) is 7.96. The van der Waals surface area contributed by atoms with Gasteiger partial charge in [0.15, 0.2) is 6.10 Å². The first-order valence-corrected chi connectivity index (χ1v) is 11.8. The number of hydrogen-bond acceptors (Lipinski definition) is 6. The number of halogens is 1. The minimum Gasteiger partial charge on any atom is -0.496 e. The Morgan fingerprint density at radius 2 is 1.68 bits per heavy atom. The van der Waals surface area contributed by atoms with Gasteiger partial charge in [-0.15, -0.1) is 0 Å². The molecule has 2 amide bonds. The normalized spacial score (nSPS) is 21.7. The zero-order chi connectivity index (χ0) is 23.8. The SMILES string of the molecule is CCOc1ccccc1N1C(=O)[C@H]2[C@H](ON(c3ccccc3)[C@@H]2c2ccc(OC)c(Br)c2)C1=O. The number of nitrogens with zero attached hydrogens (tertiary/aromatic N) is 2. The first-order valence-electron chi connectivity index (χ1n) is 11.0. The van der Waals surface area contributed by atoms with E-state index in [0.29, 0.717) is 23.8 Å². The van der Waals surface area contributed by atoms with Crippen LogP contribution in [0.25, 0.3) is 0 Å². The largest absolute Gasteiger partial charge is 0.496 e. The van der Waals surface area contributed by atoms with Gasteiger partial charge in [-0.2, -0.15) is 0 Å². The van der Waals surface area contributed by atoms with Gasteiger partial charge < -0.3 is 9.47 Å². The maximum absolute atomic E-state index is 13.8. The molecule has 0 saturated carbocycles. The molecule has 0 N–H and O–H groups in total. The van der Waals surface area contributed by atoms with Gasteiger partial charge >= 0.3 is 0 Å². The molecule has 0 bridgehead atoms. The fourth-order valence-electron chi connectivity index (χ4n) is 4.58. The van der Waals surface area contributed by atoms with E-state index in [0.717, 1.165) is 15.7 Å². The lowest BCUT2D eigenvalue weighted by atomic mass is 9.90. The Morgan fingerprint density at radius 3 is 2.38 bits per heavy atom. The van der Waals surface area contributed by atoms with Crippen LogP contribution in [0.15, 0.2) is 77.3 Å². The zero-order valence-electron chi connectivity index (χ0n) is 18.7. The molecule has 2 fully saturated rings. The van der Waals surface area contributed by atoms with Crippen molar-refractivity contribution >= 4 is 39.1 Å². The van der Waals surface area contributed by atoms with Gasteiger partial charge in [0.1, 0.15) is 17.4 Å². The molecule has 2 saturated heterocycles. The Hall–Kier alpha value is -3.36. The van der Waals surface area contributed by atoms with Gasteiger partial charge in [-0.05, 0) is 64.8 Å². The van der Waals surface area contributed by atoms with Crippen molar-refractivity contribution in [3.63, 3.8) is 0 Å². The maximum Gasteiger partial charge on any atom is 0.266 e. The molecule has 5 rings (SSSR count). The van der Waals surface area contributed by atoms with Crippen LogP contribution in [0.1, 0.15) is 18.5 Å². The number of rotatable bonds is 6. The highest BCUT2D eigenvalue weighted by Crippen LogP contribution is 2.49. The Labute approximate surface area is 205 Å². The van der Waals surface area contributed by atoms with Crippen molar-refractivity contribution < 1.29 is 23.9 Å². The van der Waals surface area contributed by atoms with Crippen LogP contribution in [0.5, 0.6) is 11.5 Å². The number of carbonyl (C=O) groups excluding carboxylic acids is 2. The van der Waals surface area contributed by atoms with Crippen LogP contribution in [0.4, 0.5) is 11.4 Å². The Balaban J connectivity index is 1.59. The third-order valence-corrected chi connectivity index (χ3v) is 6.67. The maximum atomic E-state index is 13.8. The summed E-state index contributed by atoms with van der Waals surface area (Å²) < 4.78 is 11.8. The minimum absolute atomic E-state index is 0.322. The fourth-order valence-corrected chi connectivity index (χ4v) is 5.13. The van der Waals surface area contributed by atoms with Gasteiger partial charge in [0.05, 0.1) is 35.6 Å². The molecule has 8 heteroatoms. The van der Waals surface area contributed by atoms with Gasteiger partial charge in [-0.1, -0.05) is 36.4 Å². The van der Waals surface area contributed by atoms with Crippen molar-refractivity contribution in [3.05, 3.63) is 82.8 Å². The number of hydroxylamine groups is 1. The molecule has 0 radical (unpaired) electrons. The number of hydrogen-bond donors (Lipinski definition) is 0. The first-order chi connectivity index (χ1) is 16.5. The van der Waals surface area contributed by atoms with Crippen molar-refractivity contribution in [3.8, 4) is 11.5 Å². The quantitative estimate of drug-likeness (QED) is 0.428. The summed E-state index contributed by atoms with van der Waals surface area (Å²) in [5, 5.41) is 1.67. The van der Waals surface area contributed by atoms with Crippen molar-refractivity contribution in [2.75, 3.05) is 23.7 Å². The third kappa shape index (κ3) is 3.63. The molecule has 3 atom stereocenters. The number of carbonyl (C=O) groups is 2. The van der Waals surface area contributed by atoms with Gasteiger partial charge in [0.2, 0.25) is 5.91 Å². The smallest absolute Gasteiger partial charge is 0.266 e. The Morgan fingerprint density at radius 1 is 0.941 bits per heavy atom. The molecule has 2 aliphatic heterocycles. The second kappa shape index (κ2) is 9.12. The van der Waals surface area contributed by atoms with E-state index in [1.807, 2.05) is 61.5 Å². The van der Waals surface area contributed by atoms with E-state index in [9.17, 15) is 9.59 Å². The molecule has 7 nitrogen and oxygen atoms in total. The lowest BCUT2D eigenvalue weighted by Gasteiger charge is -2.29.